The van der Waals surface area contributed by atoms with E-state index >= 15 is 0 Å². The van der Waals surface area contributed by atoms with Crippen molar-refractivity contribution < 1.29 is 27.1 Å². The number of ether oxygens (including phenoxy) is 1. The highest BCUT2D eigenvalue weighted by atomic mass is 32.1. The average molecular weight is 429 g/mol. The lowest BCUT2D eigenvalue weighted by molar-refractivity contribution is -0.134. The summed E-state index contributed by atoms with van der Waals surface area (Å²) < 4.78 is 64.9. The quantitative estimate of drug-likeness (QED) is 0.428. The Morgan fingerprint density at radius 1 is 1.17 bits per heavy atom. The van der Waals surface area contributed by atoms with Gasteiger partial charge >= 0.3 is 0 Å². The van der Waals surface area contributed by atoms with Crippen LogP contribution < -0.4 is 0 Å². The topological polar surface area (TPSA) is 39.4 Å². The minimum Gasteiger partial charge on any atom is -0.378 e. The number of fused-ring (bicyclic) bond motifs is 1. The fourth-order valence-electron chi connectivity index (χ4n) is 4.13. The number of imidazole rings is 1. The number of carbonyl (C=O) groups excluding carboxylic acids is 1. The summed E-state index contributed by atoms with van der Waals surface area (Å²) in [5, 5.41) is 0. The molecule has 0 aliphatic carbocycles. The van der Waals surface area contributed by atoms with E-state index in [-0.39, 0.29) is 31.4 Å². The van der Waals surface area contributed by atoms with Crippen molar-refractivity contribution in [2.45, 2.75) is 25.3 Å². The summed E-state index contributed by atoms with van der Waals surface area (Å²) >= 11 is 5.42. The molecule has 4 rings (SSSR count). The number of nitrogens with zero attached hydrogens (tertiary/aromatic N) is 3. The van der Waals surface area contributed by atoms with Crippen LogP contribution in [0.15, 0.2) is 6.07 Å². The maximum atomic E-state index is 14.3. The number of amides is 1. The van der Waals surface area contributed by atoms with Crippen molar-refractivity contribution in [2.75, 3.05) is 26.3 Å². The summed E-state index contributed by atoms with van der Waals surface area (Å²) in [5.41, 5.74) is 0.688. The summed E-state index contributed by atoms with van der Waals surface area (Å²) in [5.74, 6) is -6.54. The molecule has 156 valence electrons. The van der Waals surface area contributed by atoms with Gasteiger partial charge < -0.3 is 18.8 Å². The molecule has 1 fully saturated rings. The van der Waals surface area contributed by atoms with Gasteiger partial charge in [-0.1, -0.05) is 0 Å². The van der Waals surface area contributed by atoms with Crippen LogP contribution >= 0.6 is 12.2 Å². The number of morpholine rings is 1. The Hall–Kier alpha value is -2.20. The van der Waals surface area contributed by atoms with Crippen molar-refractivity contribution in [3.05, 3.63) is 51.1 Å². The first-order valence-electron chi connectivity index (χ1n) is 9.25. The molecule has 1 amide bonds. The second-order valence-electron chi connectivity index (χ2n) is 7.30. The standard InChI is InChI=1S/C19H19F4N3O2S/c1-24-13(8-15(27)25-2-4-28-5-3-25)14-6-10(9-26(14)19(24)29)16-17(22)11(20)7-12(21)18(16)23/h7,10H,2-6,8-9H2,1H3. The van der Waals surface area contributed by atoms with Gasteiger partial charge in [0.2, 0.25) is 5.91 Å². The molecular formula is C19H19F4N3O2S. The predicted octanol–water partition coefficient (Wildman–Crippen LogP) is 2.85. The Bertz CT molecular complexity index is 1020. The van der Waals surface area contributed by atoms with Crippen molar-refractivity contribution in [3.8, 4) is 0 Å². The van der Waals surface area contributed by atoms with Crippen LogP contribution in [0.4, 0.5) is 17.6 Å². The first kappa shape index (κ1) is 20.1. The highest BCUT2D eigenvalue weighted by Crippen LogP contribution is 2.36. The summed E-state index contributed by atoms with van der Waals surface area (Å²) in [4.78, 5) is 14.4. The Kier molecular flexibility index (Phi) is 5.24. The Morgan fingerprint density at radius 3 is 2.41 bits per heavy atom. The Balaban J connectivity index is 1.65. The highest BCUT2D eigenvalue weighted by molar-refractivity contribution is 7.71. The average Bonchev–Trinajstić information content (AvgIpc) is 3.22. The molecule has 0 bridgehead atoms. The monoisotopic (exact) mass is 429 g/mol. The zero-order valence-electron chi connectivity index (χ0n) is 15.7. The molecule has 2 aliphatic heterocycles. The van der Waals surface area contributed by atoms with E-state index in [1.165, 1.54) is 0 Å². The molecule has 1 saturated heterocycles. The van der Waals surface area contributed by atoms with Crippen LogP contribution in [-0.2, 0) is 36.0 Å². The smallest absolute Gasteiger partial charge is 0.228 e. The van der Waals surface area contributed by atoms with Crippen LogP contribution in [0.3, 0.4) is 0 Å². The normalized spacial score (nSPS) is 18.9. The molecular weight excluding hydrogens is 410 g/mol. The number of benzene rings is 1. The van der Waals surface area contributed by atoms with Gasteiger partial charge in [-0.2, -0.15) is 0 Å². The van der Waals surface area contributed by atoms with E-state index in [1.807, 2.05) is 0 Å². The van der Waals surface area contributed by atoms with Gasteiger partial charge in [-0.05, 0) is 18.6 Å². The van der Waals surface area contributed by atoms with Gasteiger partial charge in [0.15, 0.2) is 28.0 Å². The molecule has 1 atom stereocenters. The number of hydrogen-bond donors (Lipinski definition) is 0. The van der Waals surface area contributed by atoms with E-state index in [0.717, 1.165) is 0 Å². The van der Waals surface area contributed by atoms with E-state index in [2.05, 4.69) is 0 Å². The fourth-order valence-corrected chi connectivity index (χ4v) is 4.42. The molecule has 1 aromatic heterocycles. The summed E-state index contributed by atoms with van der Waals surface area (Å²) in [6.45, 7) is 2.04. The third-order valence-corrected chi connectivity index (χ3v) is 6.16. The lowest BCUT2D eigenvalue weighted by Crippen LogP contribution is -2.41. The molecule has 0 radical (unpaired) electrons. The minimum atomic E-state index is -1.43. The van der Waals surface area contributed by atoms with Crippen molar-refractivity contribution in [1.82, 2.24) is 14.0 Å². The zero-order valence-corrected chi connectivity index (χ0v) is 16.5. The number of rotatable bonds is 3. The van der Waals surface area contributed by atoms with E-state index in [9.17, 15) is 22.4 Å². The third kappa shape index (κ3) is 3.38. The van der Waals surface area contributed by atoms with Gasteiger partial charge in [0.25, 0.3) is 0 Å². The van der Waals surface area contributed by atoms with Crippen LogP contribution in [0.1, 0.15) is 22.9 Å². The number of halogens is 4. The molecule has 2 aromatic rings. The molecule has 29 heavy (non-hydrogen) atoms. The number of carbonyl (C=O) groups is 1. The molecule has 0 spiro atoms. The van der Waals surface area contributed by atoms with Gasteiger partial charge in [0.05, 0.1) is 19.6 Å². The second kappa shape index (κ2) is 7.56. The maximum Gasteiger partial charge on any atom is 0.228 e. The van der Waals surface area contributed by atoms with E-state index in [4.69, 9.17) is 17.0 Å². The number of aromatic nitrogens is 2. The van der Waals surface area contributed by atoms with Crippen LogP contribution in [0.25, 0.3) is 0 Å². The third-order valence-electron chi connectivity index (χ3n) is 5.66. The van der Waals surface area contributed by atoms with Crippen LogP contribution in [-0.4, -0.2) is 46.2 Å². The maximum absolute atomic E-state index is 14.3. The second-order valence-corrected chi connectivity index (χ2v) is 7.66. The van der Waals surface area contributed by atoms with Crippen LogP contribution in [0.2, 0.25) is 0 Å². The van der Waals surface area contributed by atoms with Crippen molar-refractivity contribution >= 4 is 18.1 Å². The Labute approximate surface area is 169 Å². The van der Waals surface area contributed by atoms with Gasteiger partial charge in [-0.15, -0.1) is 0 Å². The fraction of sp³-hybridized carbons (Fsp3) is 0.474. The Morgan fingerprint density at radius 2 is 1.79 bits per heavy atom. The lowest BCUT2D eigenvalue weighted by atomic mass is 9.94. The lowest BCUT2D eigenvalue weighted by Gasteiger charge is -2.27. The first-order valence-corrected chi connectivity index (χ1v) is 9.66. The van der Waals surface area contributed by atoms with Gasteiger partial charge in [0.1, 0.15) is 0 Å². The predicted molar refractivity (Wildman–Crippen MR) is 98.1 cm³/mol. The SMILES string of the molecule is Cn1c(CC(=O)N2CCOCC2)c2n(c1=S)CC(c1c(F)c(F)cc(F)c1F)C2. The molecule has 3 heterocycles. The summed E-state index contributed by atoms with van der Waals surface area (Å²) in [7, 11) is 1.73. The molecule has 1 unspecified atom stereocenters. The first-order chi connectivity index (χ1) is 13.8. The molecule has 5 nitrogen and oxygen atoms in total. The molecule has 2 aliphatic rings. The van der Waals surface area contributed by atoms with E-state index < -0.39 is 34.8 Å². The van der Waals surface area contributed by atoms with Gasteiger partial charge in [-0.25, -0.2) is 17.6 Å². The minimum absolute atomic E-state index is 0.0810. The van der Waals surface area contributed by atoms with Crippen molar-refractivity contribution in [1.29, 1.82) is 0 Å². The van der Waals surface area contributed by atoms with Crippen molar-refractivity contribution in [3.63, 3.8) is 0 Å². The molecule has 0 saturated carbocycles. The molecule has 1 aromatic carbocycles. The molecule has 0 N–H and O–H groups in total. The zero-order chi connectivity index (χ0) is 20.9. The summed E-state index contributed by atoms with van der Waals surface area (Å²) in [6.07, 6.45) is 0.213. The van der Waals surface area contributed by atoms with Crippen LogP contribution in [0.5, 0.6) is 0 Å². The van der Waals surface area contributed by atoms with E-state index in [0.29, 0.717) is 42.5 Å². The van der Waals surface area contributed by atoms with Gasteiger partial charge in [-0.3, -0.25) is 4.79 Å². The summed E-state index contributed by atoms with van der Waals surface area (Å²) in [6, 6.07) is 0.203. The number of hydrogen-bond acceptors (Lipinski definition) is 3. The van der Waals surface area contributed by atoms with Crippen molar-refractivity contribution in [2.24, 2.45) is 7.05 Å². The highest BCUT2D eigenvalue weighted by Gasteiger charge is 2.34. The van der Waals surface area contributed by atoms with E-state index in [1.54, 1.807) is 21.1 Å². The van der Waals surface area contributed by atoms with Crippen LogP contribution in [0, 0.1) is 28.0 Å². The molecule has 10 heteroatoms. The largest absolute Gasteiger partial charge is 0.378 e. The van der Waals surface area contributed by atoms with Gasteiger partial charge in [0, 0.05) is 55.6 Å².